The Morgan fingerprint density at radius 3 is 2.04 bits per heavy atom. The molecule has 2 rings (SSSR count). The second kappa shape index (κ2) is 7.06. The van der Waals surface area contributed by atoms with Crippen LogP contribution in [0.5, 0.6) is 0 Å². The number of carbonyl (C=O) groups is 1. The van der Waals surface area contributed by atoms with Crippen molar-refractivity contribution in [3.05, 3.63) is 51.8 Å². The van der Waals surface area contributed by atoms with Crippen molar-refractivity contribution < 1.29 is 36.2 Å². The highest BCUT2D eigenvalue weighted by Gasteiger charge is 2.37. The average Bonchev–Trinajstić information content (AvgIpc) is 2.53. The molecule has 1 heterocycles. The SMILES string of the molecule is O=C(O)/C(Br)=C\c1ccnc(-c2cc(C(F)(F)F)cc(C(F)(F)F)c2)n1. The number of nitrogens with zero attached hydrogens (tertiary/aromatic N) is 2. The molecule has 138 valence electrons. The molecule has 0 amide bonds. The van der Waals surface area contributed by atoms with Gasteiger partial charge in [-0.15, -0.1) is 0 Å². The van der Waals surface area contributed by atoms with Gasteiger partial charge in [0.2, 0.25) is 0 Å². The zero-order chi connectivity index (χ0) is 19.7. The van der Waals surface area contributed by atoms with Gasteiger partial charge in [-0.3, -0.25) is 0 Å². The van der Waals surface area contributed by atoms with Crippen molar-refractivity contribution >= 4 is 28.0 Å². The topological polar surface area (TPSA) is 63.1 Å². The third kappa shape index (κ3) is 4.81. The van der Waals surface area contributed by atoms with Crippen LogP contribution < -0.4 is 0 Å². The van der Waals surface area contributed by atoms with E-state index in [1.807, 2.05) is 0 Å². The van der Waals surface area contributed by atoms with E-state index in [1.54, 1.807) is 0 Å². The number of alkyl halides is 6. The Morgan fingerprint density at radius 1 is 1.04 bits per heavy atom. The zero-order valence-corrected chi connectivity index (χ0v) is 13.9. The molecule has 0 radical (unpaired) electrons. The molecule has 0 atom stereocenters. The average molecular weight is 441 g/mol. The van der Waals surface area contributed by atoms with Gasteiger partial charge < -0.3 is 5.11 Å². The van der Waals surface area contributed by atoms with Gasteiger partial charge in [0.15, 0.2) is 5.82 Å². The van der Waals surface area contributed by atoms with Gasteiger partial charge in [0.1, 0.15) is 4.48 Å². The first kappa shape index (κ1) is 19.9. The van der Waals surface area contributed by atoms with Crippen LogP contribution in [0.1, 0.15) is 16.8 Å². The van der Waals surface area contributed by atoms with E-state index < -0.39 is 40.8 Å². The number of halogens is 7. The van der Waals surface area contributed by atoms with Crippen molar-refractivity contribution in [2.45, 2.75) is 12.4 Å². The van der Waals surface area contributed by atoms with Crippen LogP contribution in [-0.4, -0.2) is 21.0 Å². The minimum atomic E-state index is -5.00. The number of aliphatic carboxylic acids is 1. The van der Waals surface area contributed by atoms with Gasteiger partial charge in [-0.1, -0.05) is 0 Å². The van der Waals surface area contributed by atoms with Crippen molar-refractivity contribution in [1.82, 2.24) is 9.97 Å². The van der Waals surface area contributed by atoms with Gasteiger partial charge in [-0.05, 0) is 46.3 Å². The molecule has 0 spiro atoms. The molecule has 1 aromatic heterocycles. The van der Waals surface area contributed by atoms with E-state index in [1.165, 1.54) is 6.07 Å². The molecular formula is C15H7BrF6N2O2. The summed E-state index contributed by atoms with van der Waals surface area (Å²) in [4.78, 5) is 18.2. The van der Waals surface area contributed by atoms with Crippen LogP contribution in [0, 0.1) is 0 Å². The van der Waals surface area contributed by atoms with Crippen molar-refractivity contribution in [2.24, 2.45) is 0 Å². The van der Waals surface area contributed by atoms with Gasteiger partial charge in [0.05, 0.1) is 16.8 Å². The predicted octanol–water partition coefficient (Wildman–Crippen LogP) is 5.00. The molecule has 4 nitrogen and oxygen atoms in total. The lowest BCUT2D eigenvalue weighted by Gasteiger charge is -2.13. The van der Waals surface area contributed by atoms with Crippen LogP contribution in [0.3, 0.4) is 0 Å². The smallest absolute Gasteiger partial charge is 0.416 e. The van der Waals surface area contributed by atoms with Gasteiger partial charge in [0.25, 0.3) is 0 Å². The molecule has 0 unspecified atom stereocenters. The third-order valence-corrected chi connectivity index (χ3v) is 3.57. The second-order valence-corrected chi connectivity index (χ2v) is 5.75. The summed E-state index contributed by atoms with van der Waals surface area (Å²) in [5, 5.41) is 8.77. The molecule has 0 saturated heterocycles. The molecule has 0 aliphatic carbocycles. The third-order valence-electron chi connectivity index (χ3n) is 3.00. The predicted molar refractivity (Wildman–Crippen MR) is 82.0 cm³/mol. The van der Waals surface area contributed by atoms with E-state index in [0.29, 0.717) is 12.1 Å². The quantitative estimate of drug-likeness (QED) is 0.538. The monoisotopic (exact) mass is 440 g/mol. The highest BCUT2D eigenvalue weighted by molar-refractivity contribution is 9.12. The highest BCUT2D eigenvalue weighted by Crippen LogP contribution is 2.38. The molecule has 0 aliphatic heterocycles. The Bertz CT molecular complexity index is 845. The van der Waals surface area contributed by atoms with E-state index in [0.717, 1.165) is 12.3 Å². The number of hydrogen-bond acceptors (Lipinski definition) is 3. The standard InChI is InChI=1S/C15H7BrF6N2O2/c16-11(13(25)26)6-10-1-2-23-12(24-10)7-3-8(14(17,18)19)5-9(4-7)15(20,21)22/h1-6H,(H,25,26)/b11-6+. The van der Waals surface area contributed by atoms with E-state index >= 15 is 0 Å². The first-order valence-electron chi connectivity index (χ1n) is 6.61. The highest BCUT2D eigenvalue weighted by atomic mass is 79.9. The Balaban J connectivity index is 2.61. The zero-order valence-electron chi connectivity index (χ0n) is 12.4. The van der Waals surface area contributed by atoms with Crippen LogP contribution >= 0.6 is 15.9 Å². The fourth-order valence-electron chi connectivity index (χ4n) is 1.87. The van der Waals surface area contributed by atoms with Gasteiger partial charge >= 0.3 is 18.3 Å². The second-order valence-electron chi connectivity index (χ2n) is 4.90. The largest absolute Gasteiger partial charge is 0.477 e. The minimum absolute atomic E-state index is 0.00568. The minimum Gasteiger partial charge on any atom is -0.477 e. The fraction of sp³-hybridized carbons (Fsp3) is 0.133. The van der Waals surface area contributed by atoms with Crippen molar-refractivity contribution in [1.29, 1.82) is 0 Å². The molecule has 0 bridgehead atoms. The molecule has 1 N–H and O–H groups in total. The maximum atomic E-state index is 12.9. The first-order chi connectivity index (χ1) is 11.9. The van der Waals surface area contributed by atoms with Crippen LogP contribution in [0.15, 0.2) is 34.9 Å². The lowest BCUT2D eigenvalue weighted by molar-refractivity contribution is -0.143. The number of hydrogen-bond donors (Lipinski definition) is 1. The molecule has 0 fully saturated rings. The number of aromatic nitrogens is 2. The Kier molecular flexibility index (Phi) is 5.40. The maximum absolute atomic E-state index is 12.9. The van der Waals surface area contributed by atoms with E-state index in [-0.39, 0.29) is 16.2 Å². The lowest BCUT2D eigenvalue weighted by atomic mass is 10.0. The van der Waals surface area contributed by atoms with Gasteiger partial charge in [-0.25, -0.2) is 14.8 Å². The maximum Gasteiger partial charge on any atom is 0.416 e. The molecule has 2 aromatic rings. The number of benzene rings is 1. The van der Waals surface area contributed by atoms with Crippen LogP contribution in [0.4, 0.5) is 26.3 Å². The number of carboxylic acid groups (broad SMARTS) is 1. The van der Waals surface area contributed by atoms with Crippen molar-refractivity contribution in [2.75, 3.05) is 0 Å². The summed E-state index contributed by atoms with van der Waals surface area (Å²) in [5.74, 6) is -1.75. The molecule has 11 heteroatoms. The number of carboxylic acids is 1. The van der Waals surface area contributed by atoms with Crippen LogP contribution in [0.2, 0.25) is 0 Å². The normalized spacial score (nSPS) is 13.0. The molecule has 0 aliphatic rings. The van der Waals surface area contributed by atoms with Crippen LogP contribution in [0.25, 0.3) is 17.5 Å². The van der Waals surface area contributed by atoms with E-state index in [4.69, 9.17) is 5.11 Å². The summed E-state index contributed by atoms with van der Waals surface area (Å²) in [7, 11) is 0. The van der Waals surface area contributed by atoms with Crippen LogP contribution in [-0.2, 0) is 17.1 Å². The molecular weight excluding hydrogens is 434 g/mol. The Labute approximate surface area is 150 Å². The van der Waals surface area contributed by atoms with Gasteiger partial charge in [-0.2, -0.15) is 26.3 Å². The fourth-order valence-corrected chi connectivity index (χ4v) is 2.10. The number of rotatable bonds is 3. The van der Waals surface area contributed by atoms with E-state index in [2.05, 4.69) is 25.9 Å². The summed E-state index contributed by atoms with van der Waals surface area (Å²) in [6.45, 7) is 0. The summed E-state index contributed by atoms with van der Waals surface area (Å²) >= 11 is 2.74. The Hall–Kier alpha value is -2.43. The molecule has 0 saturated carbocycles. The molecule has 26 heavy (non-hydrogen) atoms. The summed E-state index contributed by atoms with van der Waals surface area (Å²) in [5.41, 5.74) is -3.53. The first-order valence-corrected chi connectivity index (χ1v) is 7.40. The summed E-state index contributed by atoms with van der Waals surface area (Å²) < 4.78 is 77.1. The Morgan fingerprint density at radius 2 is 1.58 bits per heavy atom. The van der Waals surface area contributed by atoms with E-state index in [9.17, 15) is 31.1 Å². The summed E-state index contributed by atoms with van der Waals surface area (Å²) in [6, 6.07) is 2.22. The lowest BCUT2D eigenvalue weighted by Crippen LogP contribution is -2.11. The van der Waals surface area contributed by atoms with Crippen molar-refractivity contribution in [3.8, 4) is 11.4 Å². The summed E-state index contributed by atoms with van der Waals surface area (Å²) in [6.07, 6.45) is -7.88. The van der Waals surface area contributed by atoms with Gasteiger partial charge in [0, 0.05) is 11.8 Å². The molecule has 1 aromatic carbocycles. The van der Waals surface area contributed by atoms with Crippen molar-refractivity contribution in [3.63, 3.8) is 0 Å².